The Morgan fingerprint density at radius 3 is 2.80 bits per heavy atom. The van der Waals surface area contributed by atoms with Crippen LogP contribution in [0.1, 0.15) is 24.8 Å². The Kier molecular flexibility index (Phi) is 3.66. The van der Waals surface area contributed by atoms with Gasteiger partial charge in [-0.1, -0.05) is 29.8 Å². The lowest BCUT2D eigenvalue weighted by molar-refractivity contribution is -0.129. The summed E-state index contributed by atoms with van der Waals surface area (Å²) in [6, 6.07) is 7.83. The van der Waals surface area contributed by atoms with Crippen molar-refractivity contribution < 1.29 is 9.59 Å². The molecule has 1 saturated carbocycles. The number of carbonyl (C=O) groups is 2. The molecule has 1 N–H and O–H groups in total. The molecular formula is C15H17ClN2O2. The average Bonchev–Trinajstić information content (AvgIpc) is 3.20. The van der Waals surface area contributed by atoms with E-state index in [1.54, 1.807) is 6.07 Å². The molecule has 1 aliphatic heterocycles. The van der Waals surface area contributed by atoms with Gasteiger partial charge in [-0.15, -0.1) is 0 Å². The minimum Gasteiger partial charge on any atom is -0.352 e. The summed E-state index contributed by atoms with van der Waals surface area (Å²) in [6.45, 7) is 0.977. The van der Waals surface area contributed by atoms with Gasteiger partial charge in [0.1, 0.15) is 0 Å². The highest BCUT2D eigenvalue weighted by molar-refractivity contribution is 6.31. The van der Waals surface area contributed by atoms with Gasteiger partial charge < -0.3 is 10.2 Å². The number of nitrogens with zero attached hydrogens (tertiary/aromatic N) is 1. The first-order chi connectivity index (χ1) is 9.65. The fourth-order valence-electron chi connectivity index (χ4n) is 2.61. The molecule has 3 rings (SSSR count). The van der Waals surface area contributed by atoms with Crippen molar-refractivity contribution in [3.05, 3.63) is 34.9 Å². The van der Waals surface area contributed by atoms with Crippen LogP contribution in [0.25, 0.3) is 0 Å². The first-order valence-corrected chi connectivity index (χ1v) is 7.33. The topological polar surface area (TPSA) is 49.4 Å². The summed E-state index contributed by atoms with van der Waals surface area (Å²) < 4.78 is 0. The number of hydrogen-bond acceptors (Lipinski definition) is 2. The average molecular weight is 293 g/mol. The molecule has 1 heterocycles. The number of likely N-dealkylation sites (tertiary alicyclic amines) is 1. The third-order valence-corrected chi connectivity index (χ3v) is 4.30. The summed E-state index contributed by atoms with van der Waals surface area (Å²) in [7, 11) is 0. The number of rotatable bonds is 4. The molecule has 0 aromatic heterocycles. The van der Waals surface area contributed by atoms with Crippen molar-refractivity contribution in [2.75, 3.05) is 6.54 Å². The molecule has 2 amide bonds. The van der Waals surface area contributed by atoms with Crippen LogP contribution in [0.5, 0.6) is 0 Å². The van der Waals surface area contributed by atoms with Gasteiger partial charge in [-0.3, -0.25) is 9.59 Å². The molecule has 5 heteroatoms. The number of nitrogens with one attached hydrogen (secondary N) is 1. The van der Waals surface area contributed by atoms with E-state index >= 15 is 0 Å². The monoisotopic (exact) mass is 292 g/mol. The number of hydrogen-bond donors (Lipinski definition) is 1. The lowest BCUT2D eigenvalue weighted by Crippen LogP contribution is -2.33. The number of amides is 2. The molecule has 1 atom stereocenters. The fraction of sp³-hybridized carbons (Fsp3) is 0.467. The van der Waals surface area contributed by atoms with Gasteiger partial charge in [0.2, 0.25) is 11.8 Å². The Bertz CT molecular complexity index is 542. The fourth-order valence-corrected chi connectivity index (χ4v) is 2.82. The second-order valence-electron chi connectivity index (χ2n) is 5.49. The normalized spacial score (nSPS) is 22.1. The maximum Gasteiger partial charge on any atom is 0.225 e. The minimum atomic E-state index is -0.217. The van der Waals surface area contributed by atoms with E-state index in [-0.39, 0.29) is 17.7 Å². The van der Waals surface area contributed by atoms with E-state index in [9.17, 15) is 9.59 Å². The summed E-state index contributed by atoms with van der Waals surface area (Å²) in [5.41, 5.74) is 0.894. The van der Waals surface area contributed by atoms with Crippen molar-refractivity contribution in [2.24, 2.45) is 5.92 Å². The highest BCUT2D eigenvalue weighted by atomic mass is 35.5. The summed E-state index contributed by atoms with van der Waals surface area (Å²) in [5, 5.41) is 3.53. The van der Waals surface area contributed by atoms with Crippen LogP contribution in [-0.2, 0) is 16.1 Å². The second-order valence-corrected chi connectivity index (χ2v) is 5.89. The molecule has 1 saturated heterocycles. The zero-order chi connectivity index (χ0) is 14.1. The van der Waals surface area contributed by atoms with E-state index in [1.165, 1.54) is 0 Å². The van der Waals surface area contributed by atoms with Crippen LogP contribution < -0.4 is 5.32 Å². The van der Waals surface area contributed by atoms with Crippen LogP contribution in [0.2, 0.25) is 5.02 Å². The van der Waals surface area contributed by atoms with Crippen LogP contribution in [0.3, 0.4) is 0 Å². The molecule has 2 aliphatic rings. The summed E-state index contributed by atoms with van der Waals surface area (Å²) in [6.07, 6.45) is 2.50. The van der Waals surface area contributed by atoms with Gasteiger partial charge in [0.25, 0.3) is 0 Å². The summed E-state index contributed by atoms with van der Waals surface area (Å²) >= 11 is 6.05. The Hall–Kier alpha value is -1.55. The molecule has 106 valence electrons. The van der Waals surface area contributed by atoms with Crippen LogP contribution in [0.4, 0.5) is 0 Å². The number of halogens is 1. The number of benzene rings is 1. The minimum absolute atomic E-state index is 0.0542. The molecule has 0 radical (unpaired) electrons. The zero-order valence-electron chi connectivity index (χ0n) is 11.1. The van der Waals surface area contributed by atoms with E-state index in [0.29, 0.717) is 30.6 Å². The quantitative estimate of drug-likeness (QED) is 0.922. The molecule has 4 nitrogen and oxygen atoms in total. The van der Waals surface area contributed by atoms with Crippen LogP contribution in [-0.4, -0.2) is 29.3 Å². The molecule has 1 aromatic carbocycles. The third kappa shape index (κ3) is 2.80. The molecule has 1 unspecified atom stereocenters. The van der Waals surface area contributed by atoms with Crippen molar-refractivity contribution in [1.29, 1.82) is 0 Å². The van der Waals surface area contributed by atoms with Crippen molar-refractivity contribution in [3.8, 4) is 0 Å². The summed E-state index contributed by atoms with van der Waals surface area (Å²) in [5.74, 6) is -0.155. The Morgan fingerprint density at radius 1 is 1.35 bits per heavy atom. The maximum absolute atomic E-state index is 12.1. The highest BCUT2D eigenvalue weighted by Crippen LogP contribution is 2.32. The Morgan fingerprint density at radius 2 is 2.10 bits per heavy atom. The SMILES string of the molecule is O=C(NCc1ccccc1Cl)C1CC(=O)N(C2CC2)C1. The van der Waals surface area contributed by atoms with Gasteiger partial charge >= 0.3 is 0 Å². The van der Waals surface area contributed by atoms with E-state index in [1.807, 2.05) is 23.1 Å². The molecule has 20 heavy (non-hydrogen) atoms. The van der Waals surface area contributed by atoms with Gasteiger partial charge in [-0.25, -0.2) is 0 Å². The van der Waals surface area contributed by atoms with Crippen molar-refractivity contribution in [3.63, 3.8) is 0 Å². The van der Waals surface area contributed by atoms with E-state index in [2.05, 4.69) is 5.32 Å². The van der Waals surface area contributed by atoms with Gasteiger partial charge in [-0.2, -0.15) is 0 Å². The van der Waals surface area contributed by atoms with Crippen LogP contribution >= 0.6 is 11.6 Å². The first kappa shape index (κ1) is 13.4. The third-order valence-electron chi connectivity index (χ3n) is 3.93. The van der Waals surface area contributed by atoms with Gasteiger partial charge in [0, 0.05) is 30.6 Å². The van der Waals surface area contributed by atoms with Crippen molar-refractivity contribution >= 4 is 23.4 Å². The predicted molar refractivity (Wildman–Crippen MR) is 76.1 cm³/mol. The van der Waals surface area contributed by atoms with Gasteiger partial charge in [0.15, 0.2) is 0 Å². The Labute approximate surface area is 123 Å². The van der Waals surface area contributed by atoms with E-state index in [4.69, 9.17) is 11.6 Å². The number of carbonyl (C=O) groups excluding carboxylic acids is 2. The standard InChI is InChI=1S/C15H17ClN2O2/c16-13-4-2-1-3-10(13)8-17-15(20)11-7-14(19)18(9-11)12-5-6-12/h1-4,11-12H,5-9H2,(H,17,20). The van der Waals surface area contributed by atoms with Crippen molar-refractivity contribution in [1.82, 2.24) is 10.2 Å². The van der Waals surface area contributed by atoms with Crippen LogP contribution in [0.15, 0.2) is 24.3 Å². The molecular weight excluding hydrogens is 276 g/mol. The van der Waals surface area contributed by atoms with Crippen LogP contribution in [0, 0.1) is 5.92 Å². The smallest absolute Gasteiger partial charge is 0.225 e. The predicted octanol–water partition coefficient (Wildman–Crippen LogP) is 1.97. The largest absolute Gasteiger partial charge is 0.352 e. The molecule has 0 bridgehead atoms. The molecule has 0 spiro atoms. The molecule has 1 aliphatic carbocycles. The highest BCUT2D eigenvalue weighted by Gasteiger charge is 2.41. The van der Waals surface area contributed by atoms with Gasteiger partial charge in [0.05, 0.1) is 5.92 Å². The van der Waals surface area contributed by atoms with Crippen molar-refractivity contribution in [2.45, 2.75) is 31.8 Å². The maximum atomic E-state index is 12.1. The molecule has 1 aromatic rings. The zero-order valence-corrected chi connectivity index (χ0v) is 11.9. The second kappa shape index (κ2) is 5.44. The van der Waals surface area contributed by atoms with E-state index < -0.39 is 0 Å². The lowest BCUT2D eigenvalue weighted by Gasteiger charge is -2.15. The van der Waals surface area contributed by atoms with Gasteiger partial charge in [-0.05, 0) is 24.5 Å². The first-order valence-electron chi connectivity index (χ1n) is 6.95. The lowest BCUT2D eigenvalue weighted by atomic mass is 10.1. The summed E-state index contributed by atoms with van der Waals surface area (Å²) in [4.78, 5) is 25.8. The molecule has 2 fully saturated rings. The van der Waals surface area contributed by atoms with E-state index in [0.717, 1.165) is 18.4 Å². The Balaban J connectivity index is 1.55.